The van der Waals surface area contributed by atoms with Gasteiger partial charge in [-0.15, -0.1) is 0 Å². The third-order valence-corrected chi connectivity index (χ3v) is 8.56. The fourth-order valence-corrected chi connectivity index (χ4v) is 6.44. The summed E-state index contributed by atoms with van der Waals surface area (Å²) < 4.78 is 13.2. The summed E-state index contributed by atoms with van der Waals surface area (Å²) in [7, 11) is -0.531. The van der Waals surface area contributed by atoms with Crippen molar-refractivity contribution >= 4 is 18.9 Å². The van der Waals surface area contributed by atoms with Gasteiger partial charge in [-0.05, 0) is 74.8 Å². The zero-order valence-electron chi connectivity index (χ0n) is 21.0. The van der Waals surface area contributed by atoms with E-state index in [-0.39, 0.29) is 34.9 Å². The van der Waals surface area contributed by atoms with Crippen LogP contribution in [0.4, 0.5) is 0 Å². The molecule has 3 aliphatic carbocycles. The molecule has 2 bridgehead atoms. The Morgan fingerprint density at radius 1 is 1.15 bits per heavy atom. The van der Waals surface area contributed by atoms with Gasteiger partial charge in [-0.1, -0.05) is 44.2 Å². The molecule has 6 atom stereocenters. The van der Waals surface area contributed by atoms with Crippen molar-refractivity contribution in [1.29, 1.82) is 0 Å². The minimum Gasteiger partial charge on any atom is -0.404 e. The smallest absolute Gasteiger partial charge is 0.404 e. The lowest BCUT2D eigenvalue weighted by atomic mass is 9.43. The Balaban J connectivity index is 1.51. The number of nitrogens with two attached hydrogens (primary N) is 1. The first-order valence-electron chi connectivity index (χ1n) is 12.8. The average Bonchev–Trinajstić information content (AvgIpc) is 3.15. The summed E-state index contributed by atoms with van der Waals surface area (Å²) >= 11 is 0. The van der Waals surface area contributed by atoms with E-state index in [1.54, 1.807) is 0 Å². The molecule has 0 radical (unpaired) electrons. The molecule has 8 heteroatoms. The van der Waals surface area contributed by atoms with Crippen LogP contribution in [0.1, 0.15) is 65.4 Å². The summed E-state index contributed by atoms with van der Waals surface area (Å²) in [6.07, 6.45) is 4.93. The minimum absolute atomic E-state index is 0.0418. The van der Waals surface area contributed by atoms with E-state index in [1.807, 2.05) is 18.2 Å². The van der Waals surface area contributed by atoms with Crippen LogP contribution in [0.25, 0.3) is 0 Å². The maximum atomic E-state index is 13.3. The predicted octanol–water partition coefficient (Wildman–Crippen LogP) is 2.62. The number of carbonyl (C=O) groups excluding carboxylic acids is 2. The van der Waals surface area contributed by atoms with Crippen molar-refractivity contribution in [1.82, 2.24) is 10.6 Å². The van der Waals surface area contributed by atoms with E-state index in [0.717, 1.165) is 24.8 Å². The summed E-state index contributed by atoms with van der Waals surface area (Å²) in [5.74, 6) is 0.326. The molecule has 4 aliphatic rings. The molecule has 1 aliphatic heterocycles. The topological polar surface area (TPSA) is 103 Å². The van der Waals surface area contributed by atoms with Crippen LogP contribution in [-0.2, 0) is 25.3 Å². The highest BCUT2D eigenvalue weighted by Gasteiger charge is 2.68. The summed E-state index contributed by atoms with van der Waals surface area (Å²) in [5.41, 5.74) is 6.63. The van der Waals surface area contributed by atoms with Crippen molar-refractivity contribution in [2.45, 2.75) is 89.9 Å². The van der Waals surface area contributed by atoms with Gasteiger partial charge in [0, 0.05) is 6.92 Å². The Hall–Kier alpha value is -1.90. The van der Waals surface area contributed by atoms with Gasteiger partial charge in [0.2, 0.25) is 11.8 Å². The molecule has 4 fully saturated rings. The van der Waals surface area contributed by atoms with Crippen molar-refractivity contribution in [3.05, 3.63) is 35.9 Å². The highest BCUT2D eigenvalue weighted by atomic mass is 16.7. The predicted molar refractivity (Wildman–Crippen MR) is 133 cm³/mol. The minimum atomic E-state index is -0.603. The maximum Gasteiger partial charge on any atom is 0.482 e. The van der Waals surface area contributed by atoms with E-state index in [0.29, 0.717) is 31.2 Å². The van der Waals surface area contributed by atoms with Crippen LogP contribution in [0.2, 0.25) is 0 Å². The van der Waals surface area contributed by atoms with E-state index in [4.69, 9.17) is 15.0 Å². The molecule has 3 saturated carbocycles. The summed E-state index contributed by atoms with van der Waals surface area (Å²) in [6.45, 7) is 8.87. The van der Waals surface area contributed by atoms with E-state index in [9.17, 15) is 9.59 Å². The number of carbonyl (C=O) groups is 2. The number of benzene rings is 1. The van der Waals surface area contributed by atoms with E-state index >= 15 is 0 Å². The summed E-state index contributed by atoms with van der Waals surface area (Å²) in [4.78, 5) is 25.1. The molecule has 1 saturated heterocycles. The second-order valence-corrected chi connectivity index (χ2v) is 11.2. The molecule has 0 spiro atoms. The third kappa shape index (κ3) is 4.91. The lowest BCUT2D eigenvalue weighted by Crippen LogP contribution is -2.65. The second-order valence-electron chi connectivity index (χ2n) is 11.2. The van der Waals surface area contributed by atoms with Crippen LogP contribution < -0.4 is 16.4 Å². The van der Waals surface area contributed by atoms with Crippen LogP contribution in [0, 0.1) is 17.3 Å². The van der Waals surface area contributed by atoms with Gasteiger partial charge in [0.1, 0.15) is 6.04 Å². The van der Waals surface area contributed by atoms with Crippen molar-refractivity contribution in [2.24, 2.45) is 23.0 Å². The fraction of sp³-hybridized carbons (Fsp3) is 0.692. The van der Waals surface area contributed by atoms with Crippen LogP contribution in [0.3, 0.4) is 0 Å². The van der Waals surface area contributed by atoms with Gasteiger partial charge >= 0.3 is 7.12 Å². The Kier molecular flexibility index (Phi) is 7.41. The number of amides is 2. The molecule has 0 aromatic heterocycles. The van der Waals surface area contributed by atoms with Crippen LogP contribution >= 0.6 is 0 Å². The first-order valence-corrected chi connectivity index (χ1v) is 12.8. The standard InChI is InChI=1S/C26H40BN3O4/c1-17(31)29-20(12-8-9-13-28)24(32)30-23(14-18-10-6-5-7-11-18)27-33-22-16-19-15-21(25(19,2)3)26(22,4)34-27/h5-7,10-11,19-23H,8-9,12-16,28H2,1-4H3,(H,29,31)(H,30,32)/t19-,20-,21-,22+,23-,26-/m0/s1. The summed E-state index contributed by atoms with van der Waals surface area (Å²) in [5, 5.41) is 5.99. The molecule has 0 unspecified atom stereocenters. The molecule has 1 heterocycles. The van der Waals surface area contributed by atoms with Gasteiger partial charge in [0.25, 0.3) is 0 Å². The van der Waals surface area contributed by atoms with Crippen LogP contribution in [0.15, 0.2) is 30.3 Å². The van der Waals surface area contributed by atoms with E-state index < -0.39 is 13.2 Å². The van der Waals surface area contributed by atoms with Crippen molar-refractivity contribution in [3.8, 4) is 0 Å². The maximum absolute atomic E-state index is 13.3. The first-order chi connectivity index (χ1) is 16.1. The summed E-state index contributed by atoms with van der Waals surface area (Å²) in [6, 6.07) is 9.47. The number of nitrogens with one attached hydrogen (secondary N) is 2. The van der Waals surface area contributed by atoms with E-state index in [1.165, 1.54) is 13.3 Å². The Morgan fingerprint density at radius 2 is 1.88 bits per heavy atom. The lowest BCUT2D eigenvalue weighted by Gasteiger charge is -2.64. The molecule has 2 amide bonds. The molecular formula is C26H40BN3O4. The lowest BCUT2D eigenvalue weighted by molar-refractivity contribution is -0.199. The van der Waals surface area contributed by atoms with Gasteiger partial charge in [-0.25, -0.2) is 0 Å². The molecule has 34 heavy (non-hydrogen) atoms. The van der Waals surface area contributed by atoms with Crippen molar-refractivity contribution < 1.29 is 18.9 Å². The van der Waals surface area contributed by atoms with Crippen molar-refractivity contribution in [2.75, 3.05) is 6.54 Å². The van der Waals surface area contributed by atoms with Crippen LogP contribution in [-0.4, -0.2) is 49.2 Å². The SMILES string of the molecule is CC(=O)N[C@@H](CCCCN)C(=O)N[C@@H](Cc1ccccc1)B1O[C@@H]2C[C@@H]3C[C@@H](C3(C)C)[C@]2(C)O1. The molecule has 1 aromatic rings. The van der Waals surface area contributed by atoms with Gasteiger partial charge in [0.05, 0.1) is 17.6 Å². The fourth-order valence-electron chi connectivity index (χ4n) is 6.44. The molecule has 5 rings (SSSR count). The molecule has 7 nitrogen and oxygen atoms in total. The molecule has 4 N–H and O–H groups in total. The Bertz CT molecular complexity index is 882. The van der Waals surface area contributed by atoms with Gasteiger partial charge in [-0.2, -0.15) is 0 Å². The number of hydrogen-bond donors (Lipinski definition) is 3. The zero-order valence-corrected chi connectivity index (χ0v) is 21.0. The molecule has 1 aromatic carbocycles. The highest BCUT2D eigenvalue weighted by Crippen LogP contribution is 2.65. The number of rotatable bonds is 10. The Morgan fingerprint density at radius 3 is 2.53 bits per heavy atom. The highest BCUT2D eigenvalue weighted by molar-refractivity contribution is 6.48. The quantitative estimate of drug-likeness (QED) is 0.361. The zero-order chi connectivity index (χ0) is 24.5. The van der Waals surface area contributed by atoms with Gasteiger partial charge in [0.15, 0.2) is 0 Å². The van der Waals surface area contributed by atoms with Crippen molar-refractivity contribution in [3.63, 3.8) is 0 Å². The number of unbranched alkanes of at least 4 members (excludes halogenated alkanes) is 1. The van der Waals surface area contributed by atoms with Crippen LogP contribution in [0.5, 0.6) is 0 Å². The monoisotopic (exact) mass is 469 g/mol. The average molecular weight is 469 g/mol. The largest absolute Gasteiger partial charge is 0.482 e. The number of hydrogen-bond acceptors (Lipinski definition) is 5. The molecule has 186 valence electrons. The van der Waals surface area contributed by atoms with Gasteiger partial charge in [-0.3, -0.25) is 9.59 Å². The molecular weight excluding hydrogens is 429 g/mol. The second kappa shape index (κ2) is 10.00. The first kappa shape index (κ1) is 25.2. The van der Waals surface area contributed by atoms with Gasteiger partial charge < -0.3 is 25.7 Å². The Labute approximate surface area is 204 Å². The third-order valence-electron chi connectivity index (χ3n) is 8.56. The normalized spacial score (nSPS) is 30.6. The van der Waals surface area contributed by atoms with E-state index in [2.05, 4.69) is 43.5 Å².